The molecule has 0 unspecified atom stereocenters. The SMILES string of the molecule is CN1CCN(c2ccc(Nc3nc(Oc4cccc(NO)c4)c4sccc4n3)cc2)CC1. The second kappa shape index (κ2) is 8.99. The number of ether oxygens (including phenoxy) is 1. The summed E-state index contributed by atoms with van der Waals surface area (Å²) < 4.78 is 6.90. The second-order valence-electron chi connectivity index (χ2n) is 7.69. The fraction of sp³-hybridized carbons (Fsp3) is 0.217. The molecule has 1 aliphatic rings. The molecule has 1 saturated heterocycles. The van der Waals surface area contributed by atoms with Crippen LogP contribution in [0, 0.1) is 0 Å². The minimum atomic E-state index is 0.467. The summed E-state index contributed by atoms with van der Waals surface area (Å²) in [5, 5.41) is 14.4. The molecule has 1 aliphatic heterocycles. The molecule has 4 aromatic rings. The molecule has 0 bridgehead atoms. The monoisotopic (exact) mass is 448 g/mol. The zero-order valence-electron chi connectivity index (χ0n) is 17.7. The maximum Gasteiger partial charge on any atom is 0.242 e. The third kappa shape index (κ3) is 4.45. The molecule has 164 valence electrons. The molecule has 3 N–H and O–H groups in total. The third-order valence-corrected chi connectivity index (χ3v) is 6.33. The van der Waals surface area contributed by atoms with Gasteiger partial charge in [-0.1, -0.05) is 6.07 Å². The Bertz CT molecular complexity index is 1200. The first-order valence-corrected chi connectivity index (χ1v) is 11.3. The van der Waals surface area contributed by atoms with Crippen LogP contribution < -0.4 is 20.4 Å². The first kappa shape index (κ1) is 20.5. The van der Waals surface area contributed by atoms with Gasteiger partial charge in [0.1, 0.15) is 10.4 Å². The fourth-order valence-electron chi connectivity index (χ4n) is 3.65. The van der Waals surface area contributed by atoms with Crippen LogP contribution in [0.25, 0.3) is 10.2 Å². The van der Waals surface area contributed by atoms with Crippen LogP contribution in [0.1, 0.15) is 0 Å². The molecule has 3 heterocycles. The molecule has 0 aliphatic carbocycles. The molecule has 0 amide bonds. The van der Waals surface area contributed by atoms with Gasteiger partial charge in [-0.2, -0.15) is 4.98 Å². The Kier molecular flexibility index (Phi) is 5.76. The van der Waals surface area contributed by atoms with Crippen molar-refractivity contribution in [3.05, 3.63) is 60.0 Å². The van der Waals surface area contributed by atoms with Crippen molar-refractivity contribution in [1.29, 1.82) is 0 Å². The second-order valence-corrected chi connectivity index (χ2v) is 8.61. The molecule has 32 heavy (non-hydrogen) atoms. The van der Waals surface area contributed by atoms with E-state index in [4.69, 9.17) is 9.94 Å². The summed E-state index contributed by atoms with van der Waals surface area (Å²) in [6.45, 7) is 4.23. The standard InChI is InChI=1S/C23H24N6O2S/c1-28-10-12-29(13-11-28)18-7-5-16(6-8-18)24-23-25-20-9-14-32-21(20)22(26-23)31-19-4-2-3-17(15-19)27-30/h2-9,14-15,27,30H,10-13H2,1H3,(H,24,25,26). The van der Waals surface area contributed by atoms with Crippen molar-refractivity contribution in [2.45, 2.75) is 0 Å². The number of thiophene rings is 1. The molecule has 0 spiro atoms. The molecule has 9 heteroatoms. The van der Waals surface area contributed by atoms with E-state index in [9.17, 15) is 0 Å². The summed E-state index contributed by atoms with van der Waals surface area (Å²) in [4.78, 5) is 14.0. The van der Waals surface area contributed by atoms with Crippen LogP contribution in [0.3, 0.4) is 0 Å². The molecule has 0 atom stereocenters. The van der Waals surface area contributed by atoms with Crippen molar-refractivity contribution in [3.8, 4) is 11.6 Å². The lowest BCUT2D eigenvalue weighted by atomic mass is 10.2. The van der Waals surface area contributed by atoms with Crippen LogP contribution >= 0.6 is 11.3 Å². The van der Waals surface area contributed by atoms with Crippen LogP contribution in [0.2, 0.25) is 0 Å². The van der Waals surface area contributed by atoms with Crippen LogP contribution in [0.4, 0.5) is 23.0 Å². The van der Waals surface area contributed by atoms with Crippen molar-refractivity contribution in [2.24, 2.45) is 0 Å². The largest absolute Gasteiger partial charge is 0.437 e. The van der Waals surface area contributed by atoms with Gasteiger partial charge in [0.15, 0.2) is 0 Å². The molecular weight excluding hydrogens is 424 g/mol. The number of fused-ring (bicyclic) bond motifs is 1. The van der Waals surface area contributed by atoms with Crippen LogP contribution in [-0.2, 0) is 0 Å². The van der Waals surface area contributed by atoms with E-state index < -0.39 is 0 Å². The molecule has 2 aromatic carbocycles. The number of piperazine rings is 1. The fourth-order valence-corrected chi connectivity index (χ4v) is 4.41. The highest BCUT2D eigenvalue weighted by atomic mass is 32.1. The minimum absolute atomic E-state index is 0.467. The number of rotatable bonds is 6. The van der Waals surface area contributed by atoms with Crippen LogP contribution in [0.15, 0.2) is 60.0 Å². The maximum atomic E-state index is 9.15. The Hall–Kier alpha value is -3.40. The molecule has 1 fully saturated rings. The molecule has 8 nitrogen and oxygen atoms in total. The van der Waals surface area contributed by atoms with E-state index in [1.54, 1.807) is 18.2 Å². The van der Waals surface area contributed by atoms with Gasteiger partial charge in [-0.3, -0.25) is 10.7 Å². The Balaban J connectivity index is 1.36. The van der Waals surface area contributed by atoms with Crippen molar-refractivity contribution in [2.75, 3.05) is 48.9 Å². The topological polar surface area (TPSA) is 85.8 Å². The summed E-state index contributed by atoms with van der Waals surface area (Å²) in [5.41, 5.74) is 5.62. The highest BCUT2D eigenvalue weighted by Crippen LogP contribution is 2.33. The van der Waals surface area contributed by atoms with E-state index in [2.05, 4.69) is 49.7 Å². The highest BCUT2D eigenvalue weighted by molar-refractivity contribution is 7.17. The van der Waals surface area contributed by atoms with Gasteiger partial charge in [-0.05, 0) is 54.9 Å². The smallest absolute Gasteiger partial charge is 0.242 e. The number of nitrogens with zero attached hydrogens (tertiary/aromatic N) is 4. The Morgan fingerprint density at radius 2 is 1.78 bits per heavy atom. The summed E-state index contributed by atoms with van der Waals surface area (Å²) in [5.74, 6) is 1.51. The predicted octanol–water partition coefficient (Wildman–Crippen LogP) is 4.78. The molecule has 5 rings (SSSR count). The number of likely N-dealkylation sites (N-methyl/N-ethyl adjacent to an activating group) is 1. The van der Waals surface area contributed by atoms with Gasteiger partial charge in [-0.15, -0.1) is 11.3 Å². The highest BCUT2D eigenvalue weighted by Gasteiger charge is 2.15. The Morgan fingerprint density at radius 3 is 2.56 bits per heavy atom. The van der Waals surface area contributed by atoms with Gasteiger partial charge in [0, 0.05) is 43.6 Å². The first-order chi connectivity index (χ1) is 15.7. The number of hydrogen-bond acceptors (Lipinski definition) is 9. The summed E-state index contributed by atoms with van der Waals surface area (Å²) in [6.07, 6.45) is 0. The van der Waals surface area contributed by atoms with Crippen molar-refractivity contribution < 1.29 is 9.94 Å². The number of anilines is 4. The Morgan fingerprint density at radius 1 is 0.969 bits per heavy atom. The Labute approximate surface area is 190 Å². The van der Waals surface area contributed by atoms with Gasteiger partial charge >= 0.3 is 0 Å². The molecule has 2 aromatic heterocycles. The summed E-state index contributed by atoms with van der Waals surface area (Å²) in [7, 11) is 2.16. The minimum Gasteiger partial charge on any atom is -0.437 e. The lowest BCUT2D eigenvalue weighted by molar-refractivity contribution is 0.313. The van der Waals surface area contributed by atoms with Crippen molar-refractivity contribution in [3.63, 3.8) is 0 Å². The van der Waals surface area contributed by atoms with E-state index in [0.29, 0.717) is 23.3 Å². The number of nitrogens with one attached hydrogen (secondary N) is 2. The van der Waals surface area contributed by atoms with E-state index in [1.807, 2.05) is 29.6 Å². The normalized spacial score (nSPS) is 14.5. The van der Waals surface area contributed by atoms with Crippen LogP contribution in [-0.4, -0.2) is 53.3 Å². The maximum absolute atomic E-state index is 9.15. The van der Waals surface area contributed by atoms with Gasteiger partial charge in [0.25, 0.3) is 0 Å². The zero-order chi connectivity index (χ0) is 21.9. The average Bonchev–Trinajstić information content (AvgIpc) is 3.29. The van der Waals surface area contributed by atoms with Gasteiger partial charge < -0.3 is 19.9 Å². The predicted molar refractivity (Wildman–Crippen MR) is 129 cm³/mol. The van der Waals surface area contributed by atoms with E-state index in [1.165, 1.54) is 17.0 Å². The quantitative estimate of drug-likeness (QED) is 0.364. The lowest BCUT2D eigenvalue weighted by Crippen LogP contribution is -2.44. The third-order valence-electron chi connectivity index (χ3n) is 5.44. The van der Waals surface area contributed by atoms with Crippen LogP contribution in [0.5, 0.6) is 11.6 Å². The van der Waals surface area contributed by atoms with Crippen molar-refractivity contribution >= 4 is 44.6 Å². The number of hydrogen-bond donors (Lipinski definition) is 3. The van der Waals surface area contributed by atoms with E-state index >= 15 is 0 Å². The average molecular weight is 449 g/mol. The lowest BCUT2D eigenvalue weighted by Gasteiger charge is -2.34. The van der Waals surface area contributed by atoms with Gasteiger partial charge in [0.2, 0.25) is 11.8 Å². The van der Waals surface area contributed by atoms with E-state index in [-0.39, 0.29) is 0 Å². The molecular formula is C23H24N6O2S. The first-order valence-electron chi connectivity index (χ1n) is 10.4. The number of aromatic nitrogens is 2. The van der Waals surface area contributed by atoms with Gasteiger partial charge in [-0.25, -0.2) is 4.98 Å². The molecule has 0 saturated carbocycles. The van der Waals surface area contributed by atoms with Crippen molar-refractivity contribution in [1.82, 2.24) is 14.9 Å². The number of benzene rings is 2. The van der Waals surface area contributed by atoms with E-state index in [0.717, 1.165) is 42.1 Å². The summed E-state index contributed by atoms with van der Waals surface area (Å²) in [6, 6.07) is 17.3. The molecule has 0 radical (unpaired) electrons. The zero-order valence-corrected chi connectivity index (χ0v) is 18.5. The van der Waals surface area contributed by atoms with Gasteiger partial charge in [0.05, 0.1) is 11.2 Å². The summed E-state index contributed by atoms with van der Waals surface area (Å²) >= 11 is 1.52.